The normalized spacial score (nSPS) is 38.8. The van der Waals surface area contributed by atoms with E-state index in [4.69, 9.17) is 0 Å². The number of rotatable bonds is 4. The van der Waals surface area contributed by atoms with Gasteiger partial charge in [-0.2, -0.15) is 0 Å². The number of urea groups is 1. The van der Waals surface area contributed by atoms with Gasteiger partial charge in [0.05, 0.1) is 40.3 Å². The number of carbonyl (C=O) groups is 1. The summed E-state index contributed by atoms with van der Waals surface area (Å²) in [6, 6.07) is 0.231. The maximum absolute atomic E-state index is 12.9. The maximum Gasteiger partial charge on any atom is 0.318 e. The molecule has 5 rings (SSSR count). The van der Waals surface area contributed by atoms with E-state index in [0.29, 0.717) is 0 Å². The van der Waals surface area contributed by atoms with Gasteiger partial charge in [-0.05, 0) is 56.3 Å². The zero-order valence-corrected chi connectivity index (χ0v) is 15.6. The Morgan fingerprint density at radius 1 is 1.08 bits per heavy atom. The molecular formula is C19H36N4O+2. The third kappa shape index (κ3) is 3.43. The molecule has 1 heterocycles. The van der Waals surface area contributed by atoms with E-state index in [2.05, 4.69) is 24.3 Å². The fourth-order valence-electron chi connectivity index (χ4n) is 6.27. The highest BCUT2D eigenvalue weighted by molar-refractivity contribution is 5.75. The third-order valence-corrected chi connectivity index (χ3v) is 7.15. The number of likely N-dealkylation sites (N-methyl/N-ethyl adjacent to an activating group) is 1. The molecule has 24 heavy (non-hydrogen) atoms. The Labute approximate surface area is 146 Å². The summed E-state index contributed by atoms with van der Waals surface area (Å²) in [6.45, 7) is 6.53. The summed E-state index contributed by atoms with van der Waals surface area (Å²) >= 11 is 0. The van der Waals surface area contributed by atoms with Crippen molar-refractivity contribution < 1.29 is 14.6 Å². The van der Waals surface area contributed by atoms with Crippen LogP contribution in [-0.2, 0) is 0 Å². The van der Waals surface area contributed by atoms with Crippen molar-refractivity contribution in [2.75, 3.05) is 53.4 Å². The molecule has 4 bridgehead atoms. The van der Waals surface area contributed by atoms with Gasteiger partial charge in [0.2, 0.25) is 0 Å². The molecule has 0 aromatic rings. The van der Waals surface area contributed by atoms with Gasteiger partial charge in [0.1, 0.15) is 13.1 Å². The fraction of sp³-hybridized carbons (Fsp3) is 0.947. The Kier molecular flexibility index (Phi) is 4.50. The van der Waals surface area contributed by atoms with Crippen molar-refractivity contribution in [3.63, 3.8) is 0 Å². The molecule has 0 radical (unpaired) electrons. The molecule has 1 aliphatic heterocycles. The monoisotopic (exact) mass is 336 g/mol. The summed E-state index contributed by atoms with van der Waals surface area (Å²) in [4.78, 5) is 18.1. The number of amides is 2. The molecule has 136 valence electrons. The standard InChI is InChI=1S/C19H34N4O/c1-21(2)3-4-22-5-7-23(8-6-22)18(24)20-19-12-15-9-16(13-19)11-17(10-15)14-19/h15-17H,3-14H2,1-2H3,(H,20,24)/p+2. The van der Waals surface area contributed by atoms with E-state index in [9.17, 15) is 4.79 Å². The smallest absolute Gasteiger partial charge is 0.318 e. The minimum Gasteiger partial charge on any atom is -0.335 e. The summed E-state index contributed by atoms with van der Waals surface area (Å²) in [7, 11) is 4.43. The Morgan fingerprint density at radius 3 is 2.12 bits per heavy atom. The third-order valence-electron chi connectivity index (χ3n) is 7.15. The Bertz CT molecular complexity index is 435. The lowest BCUT2D eigenvalue weighted by Crippen LogP contribution is -3.19. The number of carbonyl (C=O) groups excluding carboxylic acids is 1. The van der Waals surface area contributed by atoms with Crippen molar-refractivity contribution in [2.45, 2.75) is 44.1 Å². The highest BCUT2D eigenvalue weighted by Crippen LogP contribution is 2.55. The molecule has 5 nitrogen and oxygen atoms in total. The lowest BCUT2D eigenvalue weighted by molar-refractivity contribution is -0.943. The zero-order chi connectivity index (χ0) is 16.7. The Hall–Kier alpha value is -0.810. The van der Waals surface area contributed by atoms with Gasteiger partial charge in [0.25, 0.3) is 0 Å². The van der Waals surface area contributed by atoms with Gasteiger partial charge >= 0.3 is 6.03 Å². The van der Waals surface area contributed by atoms with Crippen LogP contribution in [0.15, 0.2) is 0 Å². The highest BCUT2D eigenvalue weighted by atomic mass is 16.2. The fourth-order valence-corrected chi connectivity index (χ4v) is 6.27. The molecule has 0 spiro atoms. The second-order valence-corrected chi connectivity index (χ2v) is 9.57. The second kappa shape index (κ2) is 6.49. The van der Waals surface area contributed by atoms with E-state index < -0.39 is 0 Å². The van der Waals surface area contributed by atoms with E-state index >= 15 is 0 Å². The van der Waals surface area contributed by atoms with Crippen molar-refractivity contribution >= 4 is 6.03 Å². The first-order valence-electron chi connectivity index (χ1n) is 10.2. The van der Waals surface area contributed by atoms with Gasteiger partial charge in [-0.1, -0.05) is 0 Å². The second-order valence-electron chi connectivity index (χ2n) is 9.57. The van der Waals surface area contributed by atoms with Gasteiger partial charge < -0.3 is 20.0 Å². The van der Waals surface area contributed by atoms with Crippen LogP contribution in [0.5, 0.6) is 0 Å². The molecule has 1 saturated heterocycles. The Morgan fingerprint density at radius 2 is 1.62 bits per heavy atom. The number of nitrogens with zero attached hydrogens (tertiary/aromatic N) is 1. The van der Waals surface area contributed by atoms with Gasteiger partial charge in [-0.25, -0.2) is 4.79 Å². The van der Waals surface area contributed by atoms with E-state index in [0.717, 1.165) is 43.9 Å². The van der Waals surface area contributed by atoms with Crippen LogP contribution in [0.4, 0.5) is 4.79 Å². The topological polar surface area (TPSA) is 41.2 Å². The molecule has 5 aliphatic rings. The van der Waals surface area contributed by atoms with Gasteiger partial charge in [0, 0.05) is 5.54 Å². The molecule has 2 amide bonds. The van der Waals surface area contributed by atoms with E-state index in [1.807, 2.05) is 0 Å². The molecule has 4 aliphatic carbocycles. The first-order valence-corrected chi connectivity index (χ1v) is 10.2. The van der Waals surface area contributed by atoms with Crippen molar-refractivity contribution in [1.82, 2.24) is 10.2 Å². The summed E-state index contributed by atoms with van der Waals surface area (Å²) in [6.07, 6.45) is 8.06. The number of quaternary nitrogens is 2. The zero-order valence-electron chi connectivity index (χ0n) is 15.6. The lowest BCUT2D eigenvalue weighted by atomic mass is 9.53. The first kappa shape index (κ1) is 16.6. The van der Waals surface area contributed by atoms with Crippen LogP contribution in [0.25, 0.3) is 0 Å². The summed E-state index contributed by atoms with van der Waals surface area (Å²) in [5.41, 5.74) is 0.157. The van der Waals surface area contributed by atoms with E-state index in [1.54, 1.807) is 4.90 Å². The van der Waals surface area contributed by atoms with Crippen LogP contribution in [0, 0.1) is 17.8 Å². The molecule has 0 aromatic carbocycles. The van der Waals surface area contributed by atoms with Gasteiger partial charge in [-0.15, -0.1) is 0 Å². The van der Waals surface area contributed by atoms with E-state index in [-0.39, 0.29) is 11.6 Å². The van der Waals surface area contributed by atoms with Gasteiger partial charge in [0.15, 0.2) is 0 Å². The van der Waals surface area contributed by atoms with Crippen molar-refractivity contribution in [1.29, 1.82) is 0 Å². The van der Waals surface area contributed by atoms with Crippen LogP contribution >= 0.6 is 0 Å². The molecule has 0 unspecified atom stereocenters. The largest absolute Gasteiger partial charge is 0.335 e. The molecule has 0 aromatic heterocycles. The predicted molar refractivity (Wildman–Crippen MR) is 94.2 cm³/mol. The quantitative estimate of drug-likeness (QED) is 0.606. The van der Waals surface area contributed by atoms with Crippen LogP contribution in [0.2, 0.25) is 0 Å². The summed E-state index contributed by atoms with van der Waals surface area (Å²) in [5.74, 6) is 2.68. The highest BCUT2D eigenvalue weighted by Gasteiger charge is 2.51. The molecule has 5 heteroatoms. The summed E-state index contributed by atoms with van der Waals surface area (Å²) in [5, 5.41) is 3.53. The predicted octanol–water partition coefficient (Wildman–Crippen LogP) is -0.990. The summed E-state index contributed by atoms with van der Waals surface area (Å²) < 4.78 is 0. The van der Waals surface area contributed by atoms with Gasteiger partial charge in [-0.3, -0.25) is 0 Å². The van der Waals surface area contributed by atoms with E-state index in [1.165, 1.54) is 56.5 Å². The number of nitrogens with one attached hydrogen (secondary N) is 3. The van der Waals surface area contributed by atoms with Crippen molar-refractivity contribution in [3.05, 3.63) is 0 Å². The number of hydrogen-bond acceptors (Lipinski definition) is 1. The van der Waals surface area contributed by atoms with Crippen molar-refractivity contribution in [2.24, 2.45) is 17.8 Å². The average Bonchev–Trinajstić information content (AvgIpc) is 2.51. The molecule has 3 N–H and O–H groups in total. The average molecular weight is 337 g/mol. The lowest BCUT2D eigenvalue weighted by Gasteiger charge is -2.57. The van der Waals surface area contributed by atoms with Crippen LogP contribution < -0.4 is 15.1 Å². The molecule has 5 fully saturated rings. The molecule has 0 atom stereocenters. The Balaban J connectivity index is 1.28. The van der Waals surface area contributed by atoms with Crippen LogP contribution in [0.1, 0.15) is 38.5 Å². The number of hydrogen-bond donors (Lipinski definition) is 3. The van der Waals surface area contributed by atoms with Crippen LogP contribution in [-0.4, -0.2) is 69.8 Å². The molecular weight excluding hydrogens is 300 g/mol. The minimum atomic E-state index is 0.157. The number of piperazine rings is 1. The molecule has 4 saturated carbocycles. The van der Waals surface area contributed by atoms with Crippen molar-refractivity contribution in [3.8, 4) is 0 Å². The minimum absolute atomic E-state index is 0.157. The van der Waals surface area contributed by atoms with Crippen LogP contribution in [0.3, 0.4) is 0 Å². The maximum atomic E-state index is 12.9. The SMILES string of the molecule is C[NH+](C)CC[NH+]1CCN(C(=O)NC23CC4CC(CC(C4)C2)C3)CC1. The first-order chi connectivity index (χ1) is 11.5.